The fraction of sp³-hybridized carbons (Fsp3) is 0.0417. The van der Waals surface area contributed by atoms with Gasteiger partial charge in [0.05, 0.1) is 0 Å². The van der Waals surface area contributed by atoms with Crippen LogP contribution >= 0.6 is 0 Å². The fourth-order valence-corrected chi connectivity index (χ4v) is 7.31. The number of benzene rings is 8. The van der Waals surface area contributed by atoms with Crippen molar-refractivity contribution in [3.63, 3.8) is 0 Å². The topological polar surface area (TPSA) is 3.24 Å². The highest BCUT2D eigenvalue weighted by Crippen LogP contribution is 2.43. The van der Waals surface area contributed by atoms with Crippen molar-refractivity contribution < 1.29 is 0 Å². The van der Waals surface area contributed by atoms with Gasteiger partial charge in [0.25, 0.3) is 0 Å². The zero-order valence-electron chi connectivity index (χ0n) is 27.5. The summed E-state index contributed by atoms with van der Waals surface area (Å²) in [7, 11) is 0. The van der Waals surface area contributed by atoms with Gasteiger partial charge in [-0.15, -0.1) is 0 Å². The first-order valence-corrected chi connectivity index (χ1v) is 17.0. The lowest BCUT2D eigenvalue weighted by Gasteiger charge is -2.26. The fourth-order valence-electron chi connectivity index (χ4n) is 7.31. The van der Waals surface area contributed by atoms with Crippen molar-refractivity contribution in [2.24, 2.45) is 0 Å². The summed E-state index contributed by atoms with van der Waals surface area (Å²) in [6, 6.07) is 66.6. The summed E-state index contributed by atoms with van der Waals surface area (Å²) in [5.41, 5.74) is 17.6. The van der Waals surface area contributed by atoms with E-state index in [1.54, 1.807) is 0 Å². The predicted octanol–water partition coefficient (Wildman–Crippen LogP) is 13.2. The molecule has 1 heteroatoms. The second-order valence-electron chi connectivity index (χ2n) is 13.1. The lowest BCUT2D eigenvalue weighted by molar-refractivity contribution is 1.23. The lowest BCUT2D eigenvalue weighted by atomic mass is 9.97. The normalized spacial score (nSPS) is 11.7. The molecule has 0 spiro atoms. The van der Waals surface area contributed by atoms with E-state index in [9.17, 15) is 0 Å². The molecule has 0 unspecified atom stereocenters. The number of nitrogens with zero attached hydrogens (tertiary/aromatic N) is 1. The molecule has 0 fully saturated rings. The van der Waals surface area contributed by atoms with E-state index in [-0.39, 0.29) is 0 Å². The highest BCUT2D eigenvalue weighted by molar-refractivity contribution is 5.89. The summed E-state index contributed by atoms with van der Waals surface area (Å²) in [4.78, 5) is 2.39. The van der Waals surface area contributed by atoms with Gasteiger partial charge in [0.1, 0.15) is 0 Å². The quantitative estimate of drug-likeness (QED) is 0.178. The van der Waals surface area contributed by atoms with Crippen molar-refractivity contribution >= 4 is 27.8 Å². The van der Waals surface area contributed by atoms with Gasteiger partial charge in [-0.25, -0.2) is 0 Å². The average molecular weight is 626 g/mol. The largest absolute Gasteiger partial charge is 0.310 e. The van der Waals surface area contributed by atoms with Crippen molar-refractivity contribution in [3.8, 4) is 44.5 Å². The first-order chi connectivity index (χ1) is 24.2. The molecule has 0 radical (unpaired) electrons. The van der Waals surface area contributed by atoms with Crippen LogP contribution in [-0.2, 0) is 6.42 Å². The Kier molecular flexibility index (Phi) is 7.17. The van der Waals surface area contributed by atoms with E-state index in [1.807, 2.05) is 0 Å². The van der Waals surface area contributed by atoms with Crippen LogP contribution in [0.15, 0.2) is 182 Å². The van der Waals surface area contributed by atoms with E-state index in [4.69, 9.17) is 0 Å². The van der Waals surface area contributed by atoms with E-state index < -0.39 is 0 Å². The third-order valence-corrected chi connectivity index (χ3v) is 9.95. The van der Waals surface area contributed by atoms with Crippen LogP contribution in [0.5, 0.6) is 0 Å². The Bertz CT molecular complexity index is 2440. The molecule has 49 heavy (non-hydrogen) atoms. The number of hydrogen-bond acceptors (Lipinski definition) is 1. The summed E-state index contributed by atoms with van der Waals surface area (Å²) < 4.78 is 0. The van der Waals surface area contributed by atoms with E-state index >= 15 is 0 Å². The number of anilines is 3. The van der Waals surface area contributed by atoms with Crippen LogP contribution < -0.4 is 4.90 Å². The Morgan fingerprint density at radius 1 is 0.347 bits per heavy atom. The van der Waals surface area contributed by atoms with Crippen LogP contribution in [0.1, 0.15) is 16.7 Å². The molecular formula is C48H35N. The molecule has 0 atom stereocenters. The molecule has 0 aliphatic heterocycles. The van der Waals surface area contributed by atoms with Gasteiger partial charge in [0.15, 0.2) is 0 Å². The van der Waals surface area contributed by atoms with Crippen LogP contribution in [0.4, 0.5) is 17.1 Å². The molecule has 8 aromatic rings. The molecule has 232 valence electrons. The Morgan fingerprint density at radius 2 is 0.816 bits per heavy atom. The average Bonchev–Trinajstić information content (AvgIpc) is 3.53. The van der Waals surface area contributed by atoms with Crippen molar-refractivity contribution in [1.29, 1.82) is 0 Å². The molecule has 0 N–H and O–H groups in total. The number of fused-ring (bicyclic) bond motifs is 4. The monoisotopic (exact) mass is 625 g/mol. The molecule has 0 bridgehead atoms. The van der Waals surface area contributed by atoms with Crippen molar-refractivity contribution in [3.05, 3.63) is 199 Å². The van der Waals surface area contributed by atoms with Crippen LogP contribution in [0.3, 0.4) is 0 Å². The zero-order valence-corrected chi connectivity index (χ0v) is 27.5. The molecule has 9 rings (SSSR count). The van der Waals surface area contributed by atoms with Crippen molar-refractivity contribution in [2.75, 3.05) is 4.90 Å². The van der Waals surface area contributed by atoms with Crippen LogP contribution in [-0.4, -0.2) is 0 Å². The molecule has 0 amide bonds. The Balaban J connectivity index is 1.08. The van der Waals surface area contributed by atoms with Gasteiger partial charge in [-0.3, -0.25) is 0 Å². The van der Waals surface area contributed by atoms with Crippen LogP contribution in [0, 0.1) is 6.92 Å². The maximum atomic E-state index is 2.39. The summed E-state index contributed by atoms with van der Waals surface area (Å²) in [6.07, 6.45) is 0.924. The second kappa shape index (κ2) is 12.1. The van der Waals surface area contributed by atoms with Gasteiger partial charge >= 0.3 is 0 Å². The Labute approximate surface area is 288 Å². The first-order valence-electron chi connectivity index (χ1n) is 17.0. The van der Waals surface area contributed by atoms with Gasteiger partial charge in [-0.2, -0.15) is 0 Å². The van der Waals surface area contributed by atoms with Crippen molar-refractivity contribution in [1.82, 2.24) is 0 Å². The molecule has 8 aromatic carbocycles. The third-order valence-electron chi connectivity index (χ3n) is 9.95. The molecule has 0 heterocycles. The van der Waals surface area contributed by atoms with E-state index in [0.717, 1.165) is 23.5 Å². The first kappa shape index (κ1) is 29.0. The molecule has 1 aliphatic carbocycles. The number of hydrogen-bond donors (Lipinski definition) is 0. The van der Waals surface area contributed by atoms with Gasteiger partial charge in [0.2, 0.25) is 0 Å². The summed E-state index contributed by atoms with van der Waals surface area (Å²) in [5, 5.41) is 2.55. The highest BCUT2D eigenvalue weighted by atomic mass is 15.1. The van der Waals surface area contributed by atoms with E-state index in [0.29, 0.717) is 0 Å². The van der Waals surface area contributed by atoms with Gasteiger partial charge in [-0.1, -0.05) is 145 Å². The maximum Gasteiger partial charge on any atom is 0.0464 e. The third kappa shape index (κ3) is 5.50. The number of aryl methyl sites for hydroxylation is 1. The SMILES string of the molecule is Cc1ccc(-c2ccc(N(c3ccc(-c4ccccc4)cc3)c3ccc4c(c3)Cc3cc(-c5ccc6ccccc6c5)ccc3-4)cc2)cc1. The van der Waals surface area contributed by atoms with E-state index in [1.165, 1.54) is 72.0 Å². The minimum atomic E-state index is 0.924. The smallest absolute Gasteiger partial charge is 0.0464 e. The minimum absolute atomic E-state index is 0.924. The summed E-state index contributed by atoms with van der Waals surface area (Å²) in [6.45, 7) is 2.13. The lowest BCUT2D eigenvalue weighted by Crippen LogP contribution is -2.10. The molecular weight excluding hydrogens is 591 g/mol. The van der Waals surface area contributed by atoms with Gasteiger partial charge in [0, 0.05) is 17.1 Å². The van der Waals surface area contributed by atoms with Crippen LogP contribution in [0.25, 0.3) is 55.3 Å². The molecule has 0 aromatic heterocycles. The molecule has 0 saturated carbocycles. The van der Waals surface area contributed by atoms with Crippen LogP contribution in [0.2, 0.25) is 0 Å². The van der Waals surface area contributed by atoms with E-state index in [2.05, 4.69) is 194 Å². The minimum Gasteiger partial charge on any atom is -0.310 e. The predicted molar refractivity (Wildman–Crippen MR) is 208 cm³/mol. The molecule has 1 aliphatic rings. The van der Waals surface area contributed by atoms with Gasteiger partial charge < -0.3 is 4.90 Å². The standard InChI is InChI=1S/C48H35N/c1-33-11-13-36(14-12-33)38-19-24-45(25-20-38)49(44-22-17-37(18-23-44)34-7-3-2-4-8-34)46-26-28-48-43(32-46)31-42-30-41(21-27-47(42)48)40-16-15-35-9-5-6-10-39(35)29-40/h2-30,32H,31H2,1H3. The van der Waals surface area contributed by atoms with Gasteiger partial charge in [-0.05, 0) is 122 Å². The second-order valence-corrected chi connectivity index (χ2v) is 13.1. The Hall–Kier alpha value is -6.18. The van der Waals surface area contributed by atoms with Crippen molar-refractivity contribution in [2.45, 2.75) is 13.3 Å². The molecule has 1 nitrogen and oxygen atoms in total. The maximum absolute atomic E-state index is 2.39. The molecule has 0 saturated heterocycles. The summed E-state index contributed by atoms with van der Waals surface area (Å²) >= 11 is 0. The Morgan fingerprint density at radius 3 is 1.49 bits per heavy atom. The highest BCUT2D eigenvalue weighted by Gasteiger charge is 2.22. The zero-order chi connectivity index (χ0) is 32.7. The summed E-state index contributed by atoms with van der Waals surface area (Å²) in [5.74, 6) is 0. The number of rotatable bonds is 6.